The van der Waals surface area contributed by atoms with E-state index in [0.29, 0.717) is 26.2 Å². The van der Waals surface area contributed by atoms with E-state index in [0.717, 1.165) is 25.8 Å². The fourth-order valence-electron chi connectivity index (χ4n) is 2.81. The number of piperidine rings is 1. The lowest BCUT2D eigenvalue weighted by Crippen LogP contribution is -2.61. The summed E-state index contributed by atoms with van der Waals surface area (Å²) < 4.78 is 24.3. The lowest BCUT2D eigenvalue weighted by molar-refractivity contribution is -0.140. The third-order valence-corrected chi connectivity index (χ3v) is 5.39. The molecule has 0 saturated carbocycles. The number of amides is 1. The van der Waals surface area contributed by atoms with E-state index in [1.807, 2.05) is 6.92 Å². The molecule has 19 heavy (non-hydrogen) atoms. The fourth-order valence-corrected chi connectivity index (χ4v) is 3.64. The number of piperazine rings is 1. The van der Waals surface area contributed by atoms with Crippen LogP contribution in [0.1, 0.15) is 26.2 Å². The van der Waals surface area contributed by atoms with Crippen LogP contribution in [-0.2, 0) is 14.8 Å². The van der Waals surface area contributed by atoms with Gasteiger partial charge in [-0.15, -0.1) is 0 Å². The average molecular weight is 289 g/mol. The van der Waals surface area contributed by atoms with Gasteiger partial charge < -0.3 is 10.2 Å². The van der Waals surface area contributed by atoms with Crippen molar-refractivity contribution in [1.82, 2.24) is 14.5 Å². The van der Waals surface area contributed by atoms with Crippen LogP contribution in [0.3, 0.4) is 0 Å². The minimum absolute atomic E-state index is 0.111. The second kappa shape index (κ2) is 5.38. The molecule has 1 unspecified atom stereocenters. The monoisotopic (exact) mass is 289 g/mol. The van der Waals surface area contributed by atoms with Gasteiger partial charge in [0.1, 0.15) is 0 Å². The van der Waals surface area contributed by atoms with Gasteiger partial charge in [0.15, 0.2) is 0 Å². The maximum atomic E-state index is 12.5. The predicted octanol–water partition coefficient (Wildman–Crippen LogP) is -0.378. The molecule has 7 heteroatoms. The topological polar surface area (TPSA) is 69.7 Å². The highest BCUT2D eigenvalue weighted by Crippen LogP contribution is 2.22. The average Bonchev–Trinajstić information content (AvgIpc) is 2.38. The Morgan fingerprint density at radius 3 is 2.26 bits per heavy atom. The molecular formula is C12H23N3O3S. The molecule has 2 aliphatic heterocycles. The SMILES string of the molecule is CC1(C(=O)N2CCN(S(C)(=O)=O)CC2)CCCCN1. The van der Waals surface area contributed by atoms with E-state index < -0.39 is 15.6 Å². The van der Waals surface area contributed by atoms with Gasteiger partial charge in [-0.1, -0.05) is 0 Å². The van der Waals surface area contributed by atoms with E-state index in [1.54, 1.807) is 4.90 Å². The standard InChI is InChI=1S/C12H23N3O3S/c1-12(5-3-4-6-13-12)11(16)14-7-9-15(10-8-14)19(2,17)18/h13H,3-10H2,1-2H3. The van der Waals surface area contributed by atoms with Crippen LogP contribution in [0.15, 0.2) is 0 Å². The molecule has 2 aliphatic rings. The molecule has 2 saturated heterocycles. The number of hydrogen-bond donors (Lipinski definition) is 1. The number of hydrogen-bond acceptors (Lipinski definition) is 4. The van der Waals surface area contributed by atoms with Crippen LogP contribution in [0.5, 0.6) is 0 Å². The van der Waals surface area contributed by atoms with Gasteiger partial charge in [-0.05, 0) is 32.7 Å². The predicted molar refractivity (Wildman–Crippen MR) is 73.3 cm³/mol. The van der Waals surface area contributed by atoms with Crippen LogP contribution >= 0.6 is 0 Å². The molecule has 2 rings (SSSR count). The molecule has 1 amide bonds. The summed E-state index contributed by atoms with van der Waals surface area (Å²) in [5.74, 6) is 0.111. The van der Waals surface area contributed by atoms with Gasteiger partial charge in [0, 0.05) is 26.2 Å². The Morgan fingerprint density at radius 2 is 1.79 bits per heavy atom. The first-order valence-electron chi connectivity index (χ1n) is 6.82. The maximum absolute atomic E-state index is 12.5. The van der Waals surface area contributed by atoms with Crippen molar-refractivity contribution in [3.63, 3.8) is 0 Å². The second-order valence-corrected chi connectivity index (χ2v) is 7.65. The molecule has 0 aromatic rings. The van der Waals surface area contributed by atoms with Gasteiger partial charge in [0.25, 0.3) is 0 Å². The third kappa shape index (κ3) is 3.27. The highest BCUT2D eigenvalue weighted by Gasteiger charge is 2.38. The zero-order valence-electron chi connectivity index (χ0n) is 11.7. The van der Waals surface area contributed by atoms with Crippen LogP contribution in [0.4, 0.5) is 0 Å². The Labute approximate surface area is 115 Å². The second-order valence-electron chi connectivity index (χ2n) is 5.67. The molecule has 0 aromatic heterocycles. The van der Waals surface area contributed by atoms with Crippen molar-refractivity contribution in [2.45, 2.75) is 31.7 Å². The van der Waals surface area contributed by atoms with Gasteiger partial charge in [0.2, 0.25) is 15.9 Å². The molecule has 0 bridgehead atoms. The van der Waals surface area contributed by atoms with Crippen molar-refractivity contribution in [3.8, 4) is 0 Å². The minimum Gasteiger partial charge on any atom is -0.338 e. The quantitative estimate of drug-likeness (QED) is 0.752. The molecule has 0 aromatic carbocycles. The molecule has 2 fully saturated rings. The van der Waals surface area contributed by atoms with Crippen LogP contribution in [0, 0.1) is 0 Å². The molecule has 110 valence electrons. The van der Waals surface area contributed by atoms with Gasteiger partial charge in [-0.25, -0.2) is 8.42 Å². The molecule has 6 nitrogen and oxygen atoms in total. The number of carbonyl (C=O) groups is 1. The smallest absolute Gasteiger partial charge is 0.242 e. The molecular weight excluding hydrogens is 266 g/mol. The number of rotatable bonds is 2. The van der Waals surface area contributed by atoms with E-state index >= 15 is 0 Å². The molecule has 0 aliphatic carbocycles. The Bertz CT molecular complexity index is 435. The van der Waals surface area contributed by atoms with Crippen molar-refractivity contribution in [1.29, 1.82) is 0 Å². The van der Waals surface area contributed by atoms with Gasteiger partial charge in [0.05, 0.1) is 11.8 Å². The fraction of sp³-hybridized carbons (Fsp3) is 0.917. The summed E-state index contributed by atoms with van der Waals surface area (Å²) in [5.41, 5.74) is -0.467. The van der Waals surface area contributed by atoms with Crippen molar-refractivity contribution >= 4 is 15.9 Å². The summed E-state index contributed by atoms with van der Waals surface area (Å²) in [6.07, 6.45) is 4.26. The van der Waals surface area contributed by atoms with Gasteiger partial charge in [-0.2, -0.15) is 4.31 Å². The molecule has 0 spiro atoms. The summed E-state index contributed by atoms with van der Waals surface area (Å²) >= 11 is 0. The number of nitrogens with one attached hydrogen (secondary N) is 1. The lowest BCUT2D eigenvalue weighted by atomic mass is 9.89. The number of carbonyl (C=O) groups excluding carboxylic acids is 1. The third-order valence-electron chi connectivity index (χ3n) is 4.09. The summed E-state index contributed by atoms with van der Waals surface area (Å²) in [4.78, 5) is 14.3. The zero-order chi connectivity index (χ0) is 14.1. The lowest BCUT2D eigenvalue weighted by Gasteiger charge is -2.41. The molecule has 1 N–H and O–H groups in total. The summed E-state index contributed by atoms with van der Waals surface area (Å²) in [5, 5.41) is 3.31. The van der Waals surface area contributed by atoms with E-state index in [9.17, 15) is 13.2 Å². The molecule has 1 atom stereocenters. The number of nitrogens with zero attached hydrogens (tertiary/aromatic N) is 2. The normalized spacial score (nSPS) is 30.3. The van der Waals surface area contributed by atoms with Gasteiger partial charge >= 0.3 is 0 Å². The molecule has 2 heterocycles. The number of sulfonamides is 1. The summed E-state index contributed by atoms with van der Waals surface area (Å²) in [6.45, 7) is 4.62. The van der Waals surface area contributed by atoms with Crippen LogP contribution in [-0.4, -0.2) is 68.0 Å². The Balaban J connectivity index is 1.96. The first-order chi connectivity index (χ1) is 8.83. The summed E-state index contributed by atoms with van der Waals surface area (Å²) in [6, 6.07) is 0. The Morgan fingerprint density at radius 1 is 1.16 bits per heavy atom. The highest BCUT2D eigenvalue weighted by molar-refractivity contribution is 7.88. The van der Waals surface area contributed by atoms with E-state index in [1.165, 1.54) is 10.6 Å². The summed E-state index contributed by atoms with van der Waals surface area (Å²) in [7, 11) is -3.14. The van der Waals surface area contributed by atoms with Crippen molar-refractivity contribution in [2.75, 3.05) is 39.0 Å². The Kier molecular flexibility index (Phi) is 4.17. The Hall–Kier alpha value is -0.660. The zero-order valence-corrected chi connectivity index (χ0v) is 12.5. The first-order valence-corrected chi connectivity index (χ1v) is 8.67. The van der Waals surface area contributed by atoms with Crippen LogP contribution < -0.4 is 5.32 Å². The maximum Gasteiger partial charge on any atom is 0.242 e. The van der Waals surface area contributed by atoms with Crippen LogP contribution in [0.25, 0.3) is 0 Å². The van der Waals surface area contributed by atoms with Crippen molar-refractivity contribution in [2.24, 2.45) is 0 Å². The largest absolute Gasteiger partial charge is 0.338 e. The molecule has 0 radical (unpaired) electrons. The van der Waals surface area contributed by atoms with Crippen molar-refractivity contribution in [3.05, 3.63) is 0 Å². The van der Waals surface area contributed by atoms with Crippen molar-refractivity contribution < 1.29 is 13.2 Å². The first kappa shape index (κ1) is 14.7. The minimum atomic E-state index is -3.14. The van der Waals surface area contributed by atoms with E-state index in [2.05, 4.69) is 5.32 Å². The van der Waals surface area contributed by atoms with Crippen LogP contribution in [0.2, 0.25) is 0 Å². The highest BCUT2D eigenvalue weighted by atomic mass is 32.2. The van der Waals surface area contributed by atoms with E-state index in [4.69, 9.17) is 0 Å². The van der Waals surface area contributed by atoms with E-state index in [-0.39, 0.29) is 5.91 Å². The van der Waals surface area contributed by atoms with Gasteiger partial charge in [-0.3, -0.25) is 4.79 Å².